The van der Waals surface area contributed by atoms with Crippen LogP contribution in [0, 0.1) is 0 Å². The van der Waals surface area contributed by atoms with Crippen molar-refractivity contribution in [1.82, 2.24) is 14.8 Å². The van der Waals surface area contributed by atoms with Crippen molar-refractivity contribution in [2.75, 3.05) is 13.1 Å². The molecule has 1 aromatic heterocycles. The van der Waals surface area contributed by atoms with Gasteiger partial charge in [0.15, 0.2) is 0 Å². The van der Waals surface area contributed by atoms with Crippen LogP contribution in [0.25, 0.3) is 0 Å². The van der Waals surface area contributed by atoms with Crippen molar-refractivity contribution in [3.63, 3.8) is 0 Å². The van der Waals surface area contributed by atoms with Gasteiger partial charge in [-0.15, -0.1) is 0 Å². The lowest BCUT2D eigenvalue weighted by molar-refractivity contribution is 0.133. The summed E-state index contributed by atoms with van der Waals surface area (Å²) in [5, 5.41) is 0. The van der Waals surface area contributed by atoms with Crippen LogP contribution in [0.4, 0.5) is 0 Å². The van der Waals surface area contributed by atoms with Gasteiger partial charge in [-0.2, -0.15) is 0 Å². The van der Waals surface area contributed by atoms with Crippen molar-refractivity contribution in [3.05, 3.63) is 64.5 Å². The molecule has 1 aromatic carbocycles. The van der Waals surface area contributed by atoms with Gasteiger partial charge in [-0.3, -0.25) is 14.8 Å². The molecule has 3 aliphatic rings. The van der Waals surface area contributed by atoms with Gasteiger partial charge in [0.2, 0.25) is 0 Å². The van der Waals surface area contributed by atoms with Gasteiger partial charge in [-0.25, -0.2) is 0 Å². The Morgan fingerprint density at radius 1 is 0.920 bits per heavy atom. The smallest absolute Gasteiger partial charge is 0.0316 e. The van der Waals surface area contributed by atoms with E-state index in [1.54, 1.807) is 11.1 Å². The van der Waals surface area contributed by atoms with Crippen molar-refractivity contribution in [2.45, 2.75) is 57.8 Å². The first-order chi connectivity index (χ1) is 12.3. The van der Waals surface area contributed by atoms with Crippen molar-refractivity contribution in [1.29, 1.82) is 0 Å². The van der Waals surface area contributed by atoms with Gasteiger partial charge in [0, 0.05) is 51.2 Å². The Morgan fingerprint density at radius 3 is 2.56 bits per heavy atom. The number of pyridine rings is 1. The maximum atomic E-state index is 4.27. The summed E-state index contributed by atoms with van der Waals surface area (Å²) >= 11 is 0. The zero-order chi connectivity index (χ0) is 16.6. The van der Waals surface area contributed by atoms with Gasteiger partial charge >= 0.3 is 0 Å². The molecule has 2 aromatic rings. The maximum Gasteiger partial charge on any atom is 0.0316 e. The predicted octanol–water partition coefficient (Wildman–Crippen LogP) is 3.55. The summed E-state index contributed by atoms with van der Waals surface area (Å²) in [5.74, 6) is 0. The fourth-order valence-corrected chi connectivity index (χ4v) is 4.67. The first-order valence-corrected chi connectivity index (χ1v) is 9.84. The van der Waals surface area contributed by atoms with Crippen molar-refractivity contribution in [3.8, 4) is 0 Å². The third-order valence-electron chi connectivity index (χ3n) is 6.40. The molecule has 25 heavy (non-hydrogen) atoms. The first-order valence-electron chi connectivity index (χ1n) is 9.84. The van der Waals surface area contributed by atoms with Crippen LogP contribution in [-0.2, 0) is 32.5 Å². The number of aromatic nitrogens is 1. The van der Waals surface area contributed by atoms with Crippen molar-refractivity contribution in [2.24, 2.45) is 0 Å². The first kappa shape index (κ1) is 15.5. The highest BCUT2D eigenvalue weighted by Gasteiger charge is 2.26. The van der Waals surface area contributed by atoms with Gasteiger partial charge in [-0.1, -0.05) is 24.6 Å². The van der Waals surface area contributed by atoms with Gasteiger partial charge in [0.1, 0.15) is 0 Å². The predicted molar refractivity (Wildman–Crippen MR) is 100 cm³/mol. The molecule has 1 saturated carbocycles. The average Bonchev–Trinajstić information content (AvgIpc) is 2.87. The molecule has 0 N–H and O–H groups in total. The largest absolute Gasteiger partial charge is 0.300 e. The average molecular weight is 333 g/mol. The van der Waals surface area contributed by atoms with Crippen molar-refractivity contribution < 1.29 is 0 Å². The summed E-state index contributed by atoms with van der Waals surface area (Å²) in [7, 11) is 0. The molecule has 2 aliphatic heterocycles. The Kier molecular flexibility index (Phi) is 4.07. The van der Waals surface area contributed by atoms with E-state index in [0.29, 0.717) is 0 Å². The van der Waals surface area contributed by atoms with Crippen LogP contribution in [0.3, 0.4) is 0 Å². The minimum absolute atomic E-state index is 0.880. The molecule has 0 spiro atoms. The Hall–Kier alpha value is -1.71. The van der Waals surface area contributed by atoms with Crippen LogP contribution in [0.2, 0.25) is 0 Å². The summed E-state index contributed by atoms with van der Waals surface area (Å²) in [4.78, 5) is 9.54. The van der Waals surface area contributed by atoms with Gasteiger partial charge in [0.05, 0.1) is 0 Å². The third-order valence-corrected chi connectivity index (χ3v) is 6.40. The maximum absolute atomic E-state index is 4.27. The molecule has 0 amide bonds. The van der Waals surface area contributed by atoms with E-state index in [1.165, 1.54) is 61.9 Å². The van der Waals surface area contributed by atoms with Crippen LogP contribution < -0.4 is 0 Å². The van der Waals surface area contributed by atoms with E-state index in [1.807, 2.05) is 12.4 Å². The molecular weight excluding hydrogens is 306 g/mol. The second kappa shape index (κ2) is 6.54. The molecule has 3 heterocycles. The highest BCUT2D eigenvalue weighted by atomic mass is 15.2. The van der Waals surface area contributed by atoms with E-state index >= 15 is 0 Å². The second-order valence-corrected chi connectivity index (χ2v) is 8.01. The molecule has 1 fully saturated rings. The molecule has 3 nitrogen and oxygen atoms in total. The molecular formula is C22H27N3. The molecule has 5 rings (SSSR count). The van der Waals surface area contributed by atoms with E-state index in [0.717, 1.165) is 25.7 Å². The van der Waals surface area contributed by atoms with Crippen LogP contribution in [0.15, 0.2) is 36.7 Å². The summed E-state index contributed by atoms with van der Waals surface area (Å²) in [6.45, 7) is 5.65. The lowest BCUT2D eigenvalue weighted by Gasteiger charge is -2.36. The Bertz CT molecular complexity index is 741. The quantitative estimate of drug-likeness (QED) is 0.856. The summed E-state index contributed by atoms with van der Waals surface area (Å²) in [6, 6.07) is 10.3. The highest BCUT2D eigenvalue weighted by Crippen LogP contribution is 2.28. The lowest BCUT2D eigenvalue weighted by atomic mass is 9.91. The Morgan fingerprint density at radius 2 is 1.76 bits per heavy atom. The van der Waals surface area contributed by atoms with Crippen LogP contribution in [-0.4, -0.2) is 33.9 Å². The number of hydrogen-bond donors (Lipinski definition) is 0. The molecule has 0 unspecified atom stereocenters. The summed E-state index contributed by atoms with van der Waals surface area (Å²) in [6.07, 6.45) is 10.7. The zero-order valence-electron chi connectivity index (χ0n) is 15.0. The number of fused-ring (bicyclic) bond motifs is 2. The lowest BCUT2D eigenvalue weighted by Crippen LogP contribution is -2.41. The zero-order valence-corrected chi connectivity index (χ0v) is 15.0. The number of hydrogen-bond acceptors (Lipinski definition) is 3. The van der Waals surface area contributed by atoms with Crippen LogP contribution >= 0.6 is 0 Å². The van der Waals surface area contributed by atoms with Gasteiger partial charge in [0.25, 0.3) is 0 Å². The minimum Gasteiger partial charge on any atom is -0.300 e. The summed E-state index contributed by atoms with van der Waals surface area (Å²) in [5.41, 5.74) is 7.49. The molecule has 130 valence electrons. The molecule has 3 heteroatoms. The normalized spacial score (nSPS) is 21.4. The molecule has 0 atom stereocenters. The molecule has 0 bridgehead atoms. The monoisotopic (exact) mass is 333 g/mol. The third kappa shape index (κ3) is 3.11. The number of rotatable bonds is 3. The topological polar surface area (TPSA) is 19.4 Å². The molecule has 0 radical (unpaired) electrons. The van der Waals surface area contributed by atoms with E-state index in [9.17, 15) is 0 Å². The van der Waals surface area contributed by atoms with Gasteiger partial charge in [-0.05, 0) is 59.6 Å². The summed E-state index contributed by atoms with van der Waals surface area (Å²) < 4.78 is 0. The van der Waals surface area contributed by atoms with E-state index in [-0.39, 0.29) is 0 Å². The molecule has 0 saturated heterocycles. The van der Waals surface area contributed by atoms with Crippen LogP contribution in [0.1, 0.15) is 47.1 Å². The SMILES string of the molecule is c1cc2c(cn1)CN(Cc1ccc3c(c1)CCN(C1CCC1)CC3)C2. The van der Waals surface area contributed by atoms with Crippen LogP contribution in [0.5, 0.6) is 0 Å². The fourth-order valence-electron chi connectivity index (χ4n) is 4.67. The number of nitrogens with zero attached hydrogens (tertiary/aromatic N) is 3. The standard InChI is InChI=1S/C22H27N3/c1-2-22(3-1)25-10-7-18-5-4-17(12-19(18)8-11-25)14-24-15-20-6-9-23-13-21(20)16-24/h4-6,9,12-13,22H,1-3,7-8,10-11,14-16H2. The minimum atomic E-state index is 0.880. The Labute approximate surface area is 150 Å². The van der Waals surface area contributed by atoms with E-state index in [2.05, 4.69) is 39.0 Å². The fraction of sp³-hybridized carbons (Fsp3) is 0.500. The van der Waals surface area contributed by atoms with E-state index in [4.69, 9.17) is 0 Å². The highest BCUT2D eigenvalue weighted by molar-refractivity contribution is 5.34. The van der Waals surface area contributed by atoms with Crippen molar-refractivity contribution >= 4 is 0 Å². The molecule has 1 aliphatic carbocycles. The van der Waals surface area contributed by atoms with E-state index < -0.39 is 0 Å². The Balaban J connectivity index is 1.27. The number of benzene rings is 1. The second-order valence-electron chi connectivity index (χ2n) is 8.01. The van der Waals surface area contributed by atoms with Gasteiger partial charge < -0.3 is 0 Å².